The Labute approximate surface area is 176 Å². The lowest BCUT2D eigenvalue weighted by atomic mass is 10.2. The first-order valence-electron chi connectivity index (χ1n) is 9.57. The highest BCUT2D eigenvalue weighted by atomic mass is 127. The van der Waals surface area contributed by atoms with E-state index >= 15 is 0 Å². The first kappa shape index (κ1) is 23.0. The number of rotatable bonds is 9. The second-order valence-corrected chi connectivity index (χ2v) is 6.70. The topological polar surface area (TPSA) is 40.1 Å². The second-order valence-electron chi connectivity index (χ2n) is 6.70. The minimum Gasteiger partial charge on any atom is -0.497 e. The molecule has 0 spiro atoms. The average molecular weight is 474 g/mol. The molecule has 6 heteroatoms. The van der Waals surface area contributed by atoms with Crippen molar-refractivity contribution in [3.63, 3.8) is 0 Å². The molecule has 5 nitrogen and oxygen atoms in total. The van der Waals surface area contributed by atoms with Crippen LogP contribution in [-0.4, -0.2) is 62.6 Å². The number of nitrogens with one attached hydrogen (secondary N) is 1. The van der Waals surface area contributed by atoms with Gasteiger partial charge in [0.25, 0.3) is 0 Å². The highest BCUT2D eigenvalue weighted by Crippen LogP contribution is 2.12. The van der Waals surface area contributed by atoms with Gasteiger partial charge < -0.3 is 19.9 Å². The summed E-state index contributed by atoms with van der Waals surface area (Å²) in [6.07, 6.45) is 5.14. The molecule has 1 aliphatic rings. The van der Waals surface area contributed by atoms with Gasteiger partial charge in [-0.25, -0.2) is 0 Å². The van der Waals surface area contributed by atoms with Crippen molar-refractivity contribution in [3.05, 3.63) is 29.8 Å². The molecule has 148 valence electrons. The van der Waals surface area contributed by atoms with Gasteiger partial charge in [-0.1, -0.05) is 12.1 Å². The Kier molecular flexibility index (Phi) is 11.7. The quantitative estimate of drug-likeness (QED) is 0.257. The highest BCUT2D eigenvalue weighted by molar-refractivity contribution is 14.0. The molecule has 0 aromatic heterocycles. The molecule has 0 atom stereocenters. The number of likely N-dealkylation sites (tertiary alicyclic amines) is 1. The smallest absolute Gasteiger partial charge is 0.193 e. The van der Waals surface area contributed by atoms with Crippen LogP contribution in [0.2, 0.25) is 0 Å². The fraction of sp³-hybridized carbons (Fsp3) is 0.650. The van der Waals surface area contributed by atoms with Crippen LogP contribution in [0.5, 0.6) is 5.75 Å². The largest absolute Gasteiger partial charge is 0.497 e. The standard InChI is InChI=1S/C20H34N4O.HI/c1-4-21-20(22-13-5-6-14-24-15-7-8-16-24)23(2)17-18-9-11-19(25-3)12-10-18;/h9-12H,4-8,13-17H2,1-3H3,(H,21,22);1H. The molecular formula is C20H35IN4O. The third-order valence-electron chi connectivity index (χ3n) is 4.62. The van der Waals surface area contributed by atoms with Crippen LogP contribution in [0.3, 0.4) is 0 Å². The zero-order valence-electron chi connectivity index (χ0n) is 16.5. The molecule has 0 unspecified atom stereocenters. The summed E-state index contributed by atoms with van der Waals surface area (Å²) in [4.78, 5) is 9.56. The molecule has 1 aromatic rings. The maximum absolute atomic E-state index is 5.22. The molecule has 2 rings (SSSR count). The molecule has 0 aliphatic carbocycles. The first-order valence-corrected chi connectivity index (χ1v) is 9.57. The first-order chi connectivity index (χ1) is 12.2. The summed E-state index contributed by atoms with van der Waals surface area (Å²) in [5, 5.41) is 3.40. The normalized spacial score (nSPS) is 14.8. The molecule has 0 radical (unpaired) electrons. The predicted octanol–water partition coefficient (Wildman–Crippen LogP) is 3.59. The fourth-order valence-corrected chi connectivity index (χ4v) is 3.19. The zero-order valence-corrected chi connectivity index (χ0v) is 18.9. The summed E-state index contributed by atoms with van der Waals surface area (Å²) in [5.74, 6) is 1.88. The Bertz CT molecular complexity index is 515. The van der Waals surface area contributed by atoms with E-state index in [0.717, 1.165) is 37.8 Å². The Hall–Kier alpha value is -1.02. The molecular weight excluding hydrogens is 439 g/mol. The summed E-state index contributed by atoms with van der Waals surface area (Å²) >= 11 is 0. The van der Waals surface area contributed by atoms with E-state index in [9.17, 15) is 0 Å². The Morgan fingerprint density at radius 2 is 1.88 bits per heavy atom. The molecule has 1 aromatic carbocycles. The van der Waals surface area contributed by atoms with Crippen molar-refractivity contribution >= 4 is 29.9 Å². The van der Waals surface area contributed by atoms with Crippen molar-refractivity contribution in [3.8, 4) is 5.75 Å². The van der Waals surface area contributed by atoms with Crippen LogP contribution in [-0.2, 0) is 6.54 Å². The van der Waals surface area contributed by atoms with Crippen molar-refractivity contribution in [2.24, 2.45) is 4.99 Å². The van der Waals surface area contributed by atoms with E-state index in [0.29, 0.717) is 0 Å². The summed E-state index contributed by atoms with van der Waals surface area (Å²) in [6.45, 7) is 8.54. The third-order valence-corrected chi connectivity index (χ3v) is 4.62. The van der Waals surface area contributed by atoms with Gasteiger partial charge in [0.2, 0.25) is 0 Å². The summed E-state index contributed by atoms with van der Waals surface area (Å²) in [6, 6.07) is 8.22. The highest BCUT2D eigenvalue weighted by Gasteiger charge is 2.10. The maximum Gasteiger partial charge on any atom is 0.193 e. The van der Waals surface area contributed by atoms with Gasteiger partial charge in [0, 0.05) is 26.7 Å². The van der Waals surface area contributed by atoms with Crippen LogP contribution in [0.25, 0.3) is 0 Å². The summed E-state index contributed by atoms with van der Waals surface area (Å²) in [5.41, 5.74) is 1.25. The number of ether oxygens (including phenoxy) is 1. The van der Waals surface area contributed by atoms with Crippen molar-refractivity contribution in [2.75, 3.05) is 46.9 Å². The van der Waals surface area contributed by atoms with E-state index in [1.807, 2.05) is 12.1 Å². The van der Waals surface area contributed by atoms with Gasteiger partial charge in [-0.2, -0.15) is 0 Å². The Morgan fingerprint density at radius 3 is 2.50 bits per heavy atom. The Morgan fingerprint density at radius 1 is 1.19 bits per heavy atom. The zero-order chi connectivity index (χ0) is 17.9. The number of unbranched alkanes of at least 4 members (excludes halogenated alkanes) is 1. The van der Waals surface area contributed by atoms with E-state index < -0.39 is 0 Å². The minimum atomic E-state index is 0. The van der Waals surface area contributed by atoms with E-state index in [2.05, 4.69) is 41.2 Å². The lowest BCUT2D eigenvalue weighted by Gasteiger charge is -2.22. The van der Waals surface area contributed by atoms with Crippen LogP contribution in [0.1, 0.15) is 38.2 Å². The molecule has 1 heterocycles. The van der Waals surface area contributed by atoms with Crippen LogP contribution >= 0.6 is 24.0 Å². The van der Waals surface area contributed by atoms with Gasteiger partial charge in [0.15, 0.2) is 5.96 Å². The Balaban J connectivity index is 0.00000338. The number of guanidine groups is 1. The van der Waals surface area contributed by atoms with Crippen molar-refractivity contribution < 1.29 is 4.74 Å². The van der Waals surface area contributed by atoms with Crippen molar-refractivity contribution in [2.45, 2.75) is 39.2 Å². The van der Waals surface area contributed by atoms with Crippen molar-refractivity contribution in [1.82, 2.24) is 15.1 Å². The van der Waals surface area contributed by atoms with Crippen LogP contribution in [0, 0.1) is 0 Å². The van der Waals surface area contributed by atoms with E-state index in [4.69, 9.17) is 9.73 Å². The molecule has 1 fully saturated rings. The lowest BCUT2D eigenvalue weighted by molar-refractivity contribution is 0.331. The monoisotopic (exact) mass is 474 g/mol. The molecule has 0 saturated carbocycles. The van der Waals surface area contributed by atoms with Gasteiger partial charge in [0.1, 0.15) is 5.75 Å². The van der Waals surface area contributed by atoms with Crippen molar-refractivity contribution in [1.29, 1.82) is 0 Å². The number of hydrogen-bond donors (Lipinski definition) is 1. The van der Waals surface area contributed by atoms with Crippen LogP contribution in [0.4, 0.5) is 0 Å². The maximum atomic E-state index is 5.22. The SMILES string of the molecule is CCNC(=NCCCCN1CCCC1)N(C)Cc1ccc(OC)cc1.I. The molecule has 1 N–H and O–H groups in total. The summed E-state index contributed by atoms with van der Waals surface area (Å²) < 4.78 is 5.22. The third kappa shape index (κ3) is 8.12. The fourth-order valence-electron chi connectivity index (χ4n) is 3.19. The van der Waals surface area contributed by atoms with E-state index in [1.54, 1.807) is 7.11 Å². The van der Waals surface area contributed by atoms with Gasteiger partial charge in [-0.3, -0.25) is 4.99 Å². The number of aliphatic imine (C=N–C) groups is 1. The lowest BCUT2D eigenvalue weighted by Crippen LogP contribution is -2.38. The van der Waals surface area contributed by atoms with E-state index in [-0.39, 0.29) is 24.0 Å². The van der Waals surface area contributed by atoms with Crippen LogP contribution in [0.15, 0.2) is 29.3 Å². The second kappa shape index (κ2) is 13.2. The molecule has 1 saturated heterocycles. The number of nitrogens with zero attached hydrogens (tertiary/aromatic N) is 3. The van der Waals surface area contributed by atoms with Crippen LogP contribution < -0.4 is 10.1 Å². The molecule has 0 bridgehead atoms. The molecule has 0 amide bonds. The molecule has 26 heavy (non-hydrogen) atoms. The summed E-state index contributed by atoms with van der Waals surface area (Å²) in [7, 11) is 3.79. The van der Waals surface area contributed by atoms with Gasteiger partial charge in [-0.15, -0.1) is 24.0 Å². The number of hydrogen-bond acceptors (Lipinski definition) is 3. The van der Waals surface area contributed by atoms with Gasteiger partial charge in [0.05, 0.1) is 7.11 Å². The van der Waals surface area contributed by atoms with E-state index in [1.165, 1.54) is 44.5 Å². The average Bonchev–Trinajstić information content (AvgIpc) is 3.14. The van der Waals surface area contributed by atoms with Gasteiger partial charge >= 0.3 is 0 Å². The number of benzene rings is 1. The number of methoxy groups -OCH3 is 1. The molecule has 1 aliphatic heterocycles. The number of halogens is 1. The predicted molar refractivity (Wildman–Crippen MR) is 121 cm³/mol. The minimum absolute atomic E-state index is 0. The van der Waals surface area contributed by atoms with Gasteiger partial charge in [-0.05, 0) is 69.9 Å².